The molecule has 1 heterocycles. The van der Waals surface area contributed by atoms with Gasteiger partial charge in [0.2, 0.25) is 0 Å². The number of nitrogens with one attached hydrogen (secondary N) is 1. The molecule has 1 nitrogen and oxygen atoms in total. The van der Waals surface area contributed by atoms with Crippen molar-refractivity contribution in [2.75, 3.05) is 0 Å². The molecule has 2 heteroatoms. The molecule has 0 fully saturated rings. The van der Waals surface area contributed by atoms with Crippen LogP contribution < -0.4 is 0 Å². The Morgan fingerprint density at radius 2 is 2.33 bits per heavy atom. The third-order valence-corrected chi connectivity index (χ3v) is 3.13. The summed E-state index contributed by atoms with van der Waals surface area (Å²) >= 11 is 1.73. The Hall–Kier alpha value is -0.630. The average molecular weight is 181 g/mol. The van der Waals surface area contributed by atoms with E-state index in [0.717, 1.165) is 17.2 Å². The molecule has 0 saturated heterocycles. The highest BCUT2D eigenvalue weighted by Crippen LogP contribution is 2.19. The molecule has 1 aromatic rings. The van der Waals surface area contributed by atoms with Crippen LogP contribution in [0.1, 0.15) is 30.0 Å². The predicted octanol–water partition coefficient (Wildman–Crippen LogP) is 3.33. The van der Waals surface area contributed by atoms with Crippen LogP contribution in [0.15, 0.2) is 12.1 Å². The van der Waals surface area contributed by atoms with Gasteiger partial charge in [-0.25, -0.2) is 0 Å². The maximum Gasteiger partial charge on any atom is 0.0448 e. The molecule has 0 amide bonds. The number of thiophene rings is 1. The van der Waals surface area contributed by atoms with Crippen molar-refractivity contribution in [3.05, 3.63) is 21.9 Å². The first-order valence-electron chi connectivity index (χ1n) is 4.35. The summed E-state index contributed by atoms with van der Waals surface area (Å²) < 4.78 is 0. The first-order valence-corrected chi connectivity index (χ1v) is 5.17. The van der Waals surface area contributed by atoms with Gasteiger partial charge >= 0.3 is 0 Å². The number of hydrogen-bond donors (Lipinski definition) is 1. The molecular weight excluding hydrogens is 166 g/mol. The van der Waals surface area contributed by atoms with Crippen molar-refractivity contribution in [3.63, 3.8) is 0 Å². The Kier molecular flexibility index (Phi) is 3.48. The quantitative estimate of drug-likeness (QED) is 0.689. The summed E-state index contributed by atoms with van der Waals surface area (Å²) in [5.41, 5.74) is 0. The van der Waals surface area contributed by atoms with Crippen LogP contribution in [0.3, 0.4) is 0 Å². The van der Waals surface area contributed by atoms with E-state index in [1.165, 1.54) is 17.5 Å². The fourth-order valence-electron chi connectivity index (χ4n) is 1.07. The van der Waals surface area contributed by atoms with Gasteiger partial charge in [-0.15, -0.1) is 11.3 Å². The highest BCUT2D eigenvalue weighted by molar-refractivity contribution is 7.13. The van der Waals surface area contributed by atoms with Gasteiger partial charge < -0.3 is 5.41 Å². The summed E-state index contributed by atoms with van der Waals surface area (Å²) in [6.45, 7) is 4.49. The van der Waals surface area contributed by atoms with Crippen LogP contribution in [0.4, 0.5) is 0 Å². The Morgan fingerprint density at radius 3 is 2.83 bits per heavy atom. The van der Waals surface area contributed by atoms with Gasteiger partial charge in [0.25, 0.3) is 0 Å². The molecule has 0 aliphatic heterocycles. The van der Waals surface area contributed by atoms with E-state index in [4.69, 9.17) is 5.41 Å². The normalized spacial score (nSPS) is 12.8. The summed E-state index contributed by atoms with van der Waals surface area (Å²) in [5, 5.41) is 7.07. The van der Waals surface area contributed by atoms with Crippen molar-refractivity contribution in [2.24, 2.45) is 5.92 Å². The minimum atomic E-state index is 0.766. The van der Waals surface area contributed by atoms with E-state index in [-0.39, 0.29) is 0 Å². The second-order valence-electron chi connectivity index (χ2n) is 3.17. The smallest absolute Gasteiger partial charge is 0.0448 e. The maximum atomic E-state index is 7.07. The first kappa shape index (κ1) is 9.46. The molecule has 1 unspecified atom stereocenters. The molecule has 12 heavy (non-hydrogen) atoms. The molecule has 1 aromatic heterocycles. The summed E-state index contributed by atoms with van der Waals surface area (Å²) in [5.74, 6) is 0.766. The van der Waals surface area contributed by atoms with Crippen LogP contribution in [0, 0.1) is 11.3 Å². The Labute approximate surface area is 77.9 Å². The Bertz CT molecular complexity index is 252. The molecule has 0 saturated carbocycles. The van der Waals surface area contributed by atoms with Gasteiger partial charge in [0, 0.05) is 16.0 Å². The number of rotatable bonds is 4. The van der Waals surface area contributed by atoms with Crippen molar-refractivity contribution < 1.29 is 0 Å². The molecular formula is C10H15NS. The molecule has 0 spiro atoms. The van der Waals surface area contributed by atoms with Gasteiger partial charge in [-0.05, 0) is 24.5 Å². The zero-order valence-corrected chi connectivity index (χ0v) is 8.45. The third kappa shape index (κ3) is 2.45. The van der Waals surface area contributed by atoms with E-state index in [0.29, 0.717) is 0 Å². The fourth-order valence-corrected chi connectivity index (χ4v) is 2.07. The maximum absolute atomic E-state index is 7.07. The van der Waals surface area contributed by atoms with Crippen LogP contribution in [-0.2, 0) is 6.42 Å². The summed E-state index contributed by atoms with van der Waals surface area (Å²) in [7, 11) is 0. The van der Waals surface area contributed by atoms with E-state index in [2.05, 4.69) is 19.9 Å². The molecule has 1 rings (SSSR count). The first-order chi connectivity index (χ1) is 5.76. The average Bonchev–Trinajstić information content (AvgIpc) is 2.52. The summed E-state index contributed by atoms with van der Waals surface area (Å²) in [6, 6.07) is 4.16. The second-order valence-corrected chi connectivity index (χ2v) is 4.37. The van der Waals surface area contributed by atoms with Gasteiger partial charge in [0.1, 0.15) is 0 Å². The predicted molar refractivity (Wildman–Crippen MR) is 55.4 cm³/mol. The van der Waals surface area contributed by atoms with Crippen molar-refractivity contribution in [1.29, 1.82) is 5.41 Å². The number of hydrogen-bond acceptors (Lipinski definition) is 2. The van der Waals surface area contributed by atoms with Crippen LogP contribution in [0.25, 0.3) is 0 Å². The summed E-state index contributed by atoms with van der Waals surface area (Å²) in [4.78, 5) is 2.47. The lowest BCUT2D eigenvalue weighted by atomic mass is 10.0. The van der Waals surface area contributed by atoms with Crippen LogP contribution >= 0.6 is 11.3 Å². The van der Waals surface area contributed by atoms with Crippen LogP contribution in [0.2, 0.25) is 0 Å². The lowest BCUT2D eigenvalue weighted by Crippen LogP contribution is -1.94. The Balaban J connectivity index is 2.57. The van der Waals surface area contributed by atoms with E-state index >= 15 is 0 Å². The molecule has 1 N–H and O–H groups in total. The van der Waals surface area contributed by atoms with Gasteiger partial charge in [-0.2, -0.15) is 0 Å². The van der Waals surface area contributed by atoms with Crippen LogP contribution in [0.5, 0.6) is 0 Å². The van der Waals surface area contributed by atoms with Gasteiger partial charge in [0.15, 0.2) is 0 Å². The minimum Gasteiger partial charge on any atom is -0.307 e. The molecule has 0 aliphatic rings. The standard InChI is InChI=1S/C10H15NS/c1-3-8(2)6-9-4-5-10(7-11)12-9/h4-5,7-8,11H,3,6H2,1-2H3. The monoisotopic (exact) mass is 181 g/mol. The van der Waals surface area contributed by atoms with E-state index in [1.807, 2.05) is 6.07 Å². The highest BCUT2D eigenvalue weighted by Gasteiger charge is 2.02. The van der Waals surface area contributed by atoms with E-state index in [1.54, 1.807) is 11.3 Å². The molecule has 0 bridgehead atoms. The molecule has 0 aromatic carbocycles. The van der Waals surface area contributed by atoms with Gasteiger partial charge in [-0.1, -0.05) is 20.3 Å². The van der Waals surface area contributed by atoms with E-state index in [9.17, 15) is 0 Å². The lowest BCUT2D eigenvalue weighted by Gasteiger charge is -2.04. The van der Waals surface area contributed by atoms with E-state index < -0.39 is 0 Å². The Morgan fingerprint density at radius 1 is 1.58 bits per heavy atom. The topological polar surface area (TPSA) is 23.9 Å². The second kappa shape index (κ2) is 4.41. The lowest BCUT2D eigenvalue weighted by molar-refractivity contribution is 0.565. The summed E-state index contributed by atoms with van der Waals surface area (Å²) in [6.07, 6.45) is 3.82. The fraction of sp³-hybridized carbons (Fsp3) is 0.500. The third-order valence-electron chi connectivity index (χ3n) is 2.07. The SMILES string of the molecule is CCC(C)Cc1ccc(C=N)s1. The zero-order valence-electron chi connectivity index (χ0n) is 7.63. The zero-order chi connectivity index (χ0) is 8.97. The largest absolute Gasteiger partial charge is 0.307 e. The van der Waals surface area contributed by atoms with Gasteiger partial charge in [-0.3, -0.25) is 0 Å². The molecule has 0 aliphatic carbocycles. The van der Waals surface area contributed by atoms with Crippen molar-refractivity contribution >= 4 is 17.6 Å². The van der Waals surface area contributed by atoms with Gasteiger partial charge in [0.05, 0.1) is 0 Å². The minimum absolute atomic E-state index is 0.766. The van der Waals surface area contributed by atoms with Crippen molar-refractivity contribution in [3.8, 4) is 0 Å². The van der Waals surface area contributed by atoms with Crippen LogP contribution in [-0.4, -0.2) is 6.21 Å². The highest BCUT2D eigenvalue weighted by atomic mass is 32.1. The molecule has 1 atom stereocenters. The van der Waals surface area contributed by atoms with Crippen molar-refractivity contribution in [1.82, 2.24) is 0 Å². The molecule has 66 valence electrons. The molecule has 0 radical (unpaired) electrons. The van der Waals surface area contributed by atoms with Crippen molar-refractivity contribution in [2.45, 2.75) is 26.7 Å².